The monoisotopic (exact) mass is 642 g/mol. The number of para-hydroxylation sites is 1. The van der Waals surface area contributed by atoms with Crippen LogP contribution in [0.1, 0.15) is 0 Å². The van der Waals surface area contributed by atoms with E-state index in [1.165, 1.54) is 58.5 Å². The molecule has 0 unspecified atom stereocenters. The number of fused-ring (bicyclic) bond motifs is 10. The van der Waals surface area contributed by atoms with Crippen molar-refractivity contribution in [3.63, 3.8) is 0 Å². The lowest BCUT2D eigenvalue weighted by atomic mass is 10.0. The van der Waals surface area contributed by atoms with Gasteiger partial charge in [-0.25, -0.2) is 4.98 Å². The first-order chi connectivity index (χ1) is 24.3. The highest BCUT2D eigenvalue weighted by Gasteiger charge is 2.20. The molecule has 0 N–H and O–H groups in total. The maximum Gasteiger partial charge on any atom is 0.227 e. The van der Waals surface area contributed by atoms with E-state index in [4.69, 9.17) is 9.40 Å². The van der Waals surface area contributed by atoms with Crippen molar-refractivity contribution in [2.75, 3.05) is 0 Å². The molecule has 0 saturated carbocycles. The molecule has 0 fully saturated rings. The van der Waals surface area contributed by atoms with Gasteiger partial charge in [-0.05, 0) is 81.9 Å². The summed E-state index contributed by atoms with van der Waals surface area (Å²) in [5.74, 6) is 0.636. The highest BCUT2D eigenvalue weighted by molar-refractivity contribution is 7.26. The van der Waals surface area contributed by atoms with E-state index in [2.05, 4.69) is 162 Å². The average Bonchev–Trinajstić information content (AvgIpc) is 3.85. The van der Waals surface area contributed by atoms with E-state index in [-0.39, 0.29) is 0 Å². The van der Waals surface area contributed by atoms with Gasteiger partial charge in [-0.15, -0.1) is 11.3 Å². The Balaban J connectivity index is 1.14. The zero-order valence-electron chi connectivity index (χ0n) is 26.2. The van der Waals surface area contributed by atoms with Crippen LogP contribution in [0.4, 0.5) is 0 Å². The largest absolute Gasteiger partial charge is 0.435 e. The first-order valence-corrected chi connectivity index (χ1v) is 17.4. The molecule has 49 heavy (non-hydrogen) atoms. The topological polar surface area (TPSA) is 31.0 Å². The summed E-state index contributed by atoms with van der Waals surface area (Å²) in [4.78, 5) is 5.11. The molecule has 0 spiro atoms. The SMILES string of the molecule is c1ccc(-c2ccc3sc4ccc5nc(-c6ccc(-n7c8ccccc8c8cc9ccccc9cc87)c7ccccc67)oc5c4c3c2)cc1. The minimum atomic E-state index is 0.636. The Hall–Kier alpha value is -6.23. The predicted octanol–water partition coefficient (Wildman–Crippen LogP) is 12.9. The van der Waals surface area contributed by atoms with Crippen molar-refractivity contribution in [3.05, 3.63) is 158 Å². The molecule has 3 aromatic heterocycles. The maximum atomic E-state index is 6.80. The summed E-state index contributed by atoms with van der Waals surface area (Å²) in [7, 11) is 0. The summed E-state index contributed by atoms with van der Waals surface area (Å²) >= 11 is 1.80. The highest BCUT2D eigenvalue weighted by Crippen LogP contribution is 2.43. The fraction of sp³-hybridized carbons (Fsp3) is 0. The summed E-state index contributed by atoms with van der Waals surface area (Å²) in [6.07, 6.45) is 0. The first-order valence-electron chi connectivity index (χ1n) is 16.5. The molecule has 0 saturated heterocycles. The first kappa shape index (κ1) is 26.8. The van der Waals surface area contributed by atoms with Crippen LogP contribution < -0.4 is 0 Å². The van der Waals surface area contributed by atoms with Crippen LogP contribution in [0.2, 0.25) is 0 Å². The smallest absolute Gasteiger partial charge is 0.227 e. The van der Waals surface area contributed by atoms with E-state index in [1.807, 2.05) is 0 Å². The van der Waals surface area contributed by atoms with Crippen molar-refractivity contribution in [1.29, 1.82) is 0 Å². The summed E-state index contributed by atoms with van der Waals surface area (Å²) < 4.78 is 11.7. The van der Waals surface area contributed by atoms with Crippen LogP contribution in [0, 0.1) is 0 Å². The molecule has 0 bridgehead atoms. The van der Waals surface area contributed by atoms with Crippen molar-refractivity contribution < 1.29 is 4.42 Å². The van der Waals surface area contributed by atoms with Gasteiger partial charge in [0, 0.05) is 41.9 Å². The van der Waals surface area contributed by atoms with Gasteiger partial charge in [-0.1, -0.05) is 103 Å². The van der Waals surface area contributed by atoms with Gasteiger partial charge in [0.2, 0.25) is 5.89 Å². The van der Waals surface area contributed by atoms with Crippen LogP contribution in [-0.4, -0.2) is 9.55 Å². The molecule has 0 aliphatic rings. The van der Waals surface area contributed by atoms with E-state index in [9.17, 15) is 0 Å². The van der Waals surface area contributed by atoms with Crippen molar-refractivity contribution in [3.8, 4) is 28.3 Å². The third kappa shape index (κ3) is 3.92. The van der Waals surface area contributed by atoms with Crippen LogP contribution in [-0.2, 0) is 0 Å². The predicted molar refractivity (Wildman–Crippen MR) is 207 cm³/mol. The van der Waals surface area contributed by atoms with Gasteiger partial charge in [0.25, 0.3) is 0 Å². The minimum Gasteiger partial charge on any atom is -0.435 e. The van der Waals surface area contributed by atoms with Crippen molar-refractivity contribution in [2.45, 2.75) is 0 Å². The van der Waals surface area contributed by atoms with Crippen LogP contribution in [0.5, 0.6) is 0 Å². The third-order valence-electron chi connectivity index (χ3n) is 10.0. The molecule has 11 rings (SSSR count). The molecule has 0 radical (unpaired) electrons. The molecule has 3 nitrogen and oxygen atoms in total. The van der Waals surface area contributed by atoms with Crippen LogP contribution in [0.3, 0.4) is 0 Å². The van der Waals surface area contributed by atoms with Gasteiger partial charge >= 0.3 is 0 Å². The second kappa shape index (κ2) is 10.1. The maximum absolute atomic E-state index is 6.80. The number of benzene rings is 8. The second-order valence-electron chi connectivity index (χ2n) is 12.7. The number of oxazole rings is 1. The van der Waals surface area contributed by atoms with Gasteiger partial charge in [0.15, 0.2) is 5.58 Å². The van der Waals surface area contributed by atoms with Gasteiger partial charge in [0.1, 0.15) is 5.52 Å². The fourth-order valence-corrected chi connectivity index (χ4v) is 8.84. The summed E-state index contributed by atoms with van der Waals surface area (Å²) in [5.41, 5.74) is 8.62. The molecule has 4 heteroatoms. The molecule has 11 aromatic rings. The Morgan fingerprint density at radius 1 is 0.490 bits per heavy atom. The standard InChI is InChI=1S/C45H26N2OS/c1-2-10-27(11-3-1)30-18-22-41-36(25-30)43-42(49-41)23-20-37-44(43)48-45(46-37)34-19-21-39(32-15-7-6-14-31(32)34)47-38-17-9-8-16-33(38)35-24-28-12-4-5-13-29(28)26-40(35)47/h1-26H. The van der Waals surface area contributed by atoms with E-state index >= 15 is 0 Å². The summed E-state index contributed by atoms with van der Waals surface area (Å²) in [6, 6.07) is 56.6. The van der Waals surface area contributed by atoms with E-state index in [0.717, 1.165) is 38.5 Å². The number of rotatable bonds is 3. The fourth-order valence-electron chi connectivity index (χ4n) is 7.75. The molecule has 0 atom stereocenters. The summed E-state index contributed by atoms with van der Waals surface area (Å²) in [6.45, 7) is 0. The van der Waals surface area contributed by atoms with Gasteiger partial charge in [-0.2, -0.15) is 0 Å². The molecule has 0 aliphatic heterocycles. The zero-order valence-corrected chi connectivity index (χ0v) is 27.0. The Kier molecular flexibility index (Phi) is 5.54. The van der Waals surface area contributed by atoms with Crippen molar-refractivity contribution >= 4 is 86.0 Å². The highest BCUT2D eigenvalue weighted by atomic mass is 32.1. The second-order valence-corrected chi connectivity index (χ2v) is 13.8. The third-order valence-corrected chi connectivity index (χ3v) is 11.1. The van der Waals surface area contributed by atoms with Crippen LogP contribution in [0.25, 0.3) is 103 Å². The number of aromatic nitrogens is 2. The molecular weight excluding hydrogens is 617 g/mol. The number of nitrogens with zero attached hydrogens (tertiary/aromatic N) is 2. The number of thiophene rings is 1. The van der Waals surface area contributed by atoms with Crippen LogP contribution >= 0.6 is 11.3 Å². The van der Waals surface area contributed by atoms with Gasteiger partial charge in [-0.3, -0.25) is 0 Å². The zero-order chi connectivity index (χ0) is 32.1. The van der Waals surface area contributed by atoms with Crippen molar-refractivity contribution in [1.82, 2.24) is 9.55 Å². The van der Waals surface area contributed by atoms with Gasteiger partial charge in [0.05, 0.1) is 16.7 Å². The van der Waals surface area contributed by atoms with E-state index in [0.29, 0.717) is 5.89 Å². The summed E-state index contributed by atoms with van der Waals surface area (Å²) in [5, 5.41) is 9.57. The van der Waals surface area contributed by atoms with Crippen molar-refractivity contribution in [2.24, 2.45) is 0 Å². The normalized spacial score (nSPS) is 12.1. The molecule has 8 aromatic carbocycles. The molecule has 0 amide bonds. The number of hydrogen-bond acceptors (Lipinski definition) is 3. The Morgan fingerprint density at radius 3 is 2.10 bits per heavy atom. The van der Waals surface area contributed by atoms with Crippen LogP contribution in [0.15, 0.2) is 162 Å². The lowest BCUT2D eigenvalue weighted by molar-refractivity contribution is 0.624. The molecule has 228 valence electrons. The van der Waals surface area contributed by atoms with Gasteiger partial charge < -0.3 is 8.98 Å². The minimum absolute atomic E-state index is 0.636. The Morgan fingerprint density at radius 2 is 1.22 bits per heavy atom. The average molecular weight is 643 g/mol. The molecule has 0 aliphatic carbocycles. The van der Waals surface area contributed by atoms with E-state index in [1.54, 1.807) is 11.3 Å². The molecular formula is C45H26N2OS. The van der Waals surface area contributed by atoms with E-state index < -0.39 is 0 Å². The Bertz CT molecular complexity index is 3110. The Labute approximate surface area is 284 Å². The number of hydrogen-bond donors (Lipinski definition) is 0. The lowest BCUT2D eigenvalue weighted by Crippen LogP contribution is -1.96. The molecule has 3 heterocycles. The quantitative estimate of drug-likeness (QED) is 0.192. The lowest BCUT2D eigenvalue weighted by Gasteiger charge is -2.14.